The first-order chi connectivity index (χ1) is 21.2. The van der Waals surface area contributed by atoms with Gasteiger partial charge < -0.3 is 10.0 Å². The Hall–Kier alpha value is -4.02. The lowest BCUT2D eigenvalue weighted by Gasteiger charge is -2.30. The van der Waals surface area contributed by atoms with Crippen LogP contribution in [0.5, 0.6) is 0 Å². The van der Waals surface area contributed by atoms with E-state index in [-0.39, 0.29) is 30.1 Å². The Morgan fingerprint density at radius 1 is 0.773 bits per heavy atom. The molecule has 4 rings (SSSR count). The molecule has 0 aliphatic heterocycles. The lowest BCUT2D eigenvalue weighted by Crippen LogP contribution is -2.34. The second kappa shape index (κ2) is 16.2. The molecule has 0 saturated heterocycles. The highest BCUT2D eigenvalue weighted by Crippen LogP contribution is 2.26. The van der Waals surface area contributed by atoms with Gasteiger partial charge in [0.2, 0.25) is 0 Å². The fraction of sp³-hybridized carbons (Fsp3) is 0.350. The molecule has 0 aromatic heterocycles. The molecule has 0 unspecified atom stereocenters. The van der Waals surface area contributed by atoms with Gasteiger partial charge in [0, 0.05) is 24.1 Å². The Bertz CT molecular complexity index is 1500. The van der Waals surface area contributed by atoms with Crippen LogP contribution in [0.15, 0.2) is 103 Å². The largest absolute Gasteiger partial charge is 0.393 e. The summed E-state index contributed by atoms with van der Waals surface area (Å²) >= 11 is 0. The summed E-state index contributed by atoms with van der Waals surface area (Å²) in [6.45, 7) is 8.77. The number of carbonyl (C=O) groups excluding carboxylic acids is 2. The normalized spacial score (nSPS) is 13.2. The van der Waals surface area contributed by atoms with E-state index in [1.54, 1.807) is 6.07 Å². The standard InChI is InChI=1S/C40H47NO3/c1-5-22-41(31(4)34-19-10-7-11-20-34)40(44)37-25-30(3)24-35(27-37)39(43)28-36(26-33-15-8-6-9-16-33)38(42)21-13-18-32-17-12-14-29(2)23-32/h6-12,14-17,19-20,23-25,27,31,36,38,42H,5,13,18,21-22,26,28H2,1-4H3/t31-,36-,38-/m1/s1. The number of nitrogens with zero attached hydrogens (tertiary/aromatic N) is 1. The lowest BCUT2D eigenvalue weighted by molar-refractivity contribution is 0.0690. The summed E-state index contributed by atoms with van der Waals surface area (Å²) in [6, 6.07) is 34.0. The van der Waals surface area contributed by atoms with E-state index in [4.69, 9.17) is 0 Å². The van der Waals surface area contributed by atoms with Crippen LogP contribution in [0.1, 0.15) is 94.1 Å². The predicted molar refractivity (Wildman–Crippen MR) is 180 cm³/mol. The first-order valence-electron chi connectivity index (χ1n) is 16.0. The Morgan fingerprint density at radius 2 is 1.43 bits per heavy atom. The van der Waals surface area contributed by atoms with Crippen LogP contribution in [0.4, 0.5) is 0 Å². The van der Waals surface area contributed by atoms with Crippen LogP contribution in [0, 0.1) is 19.8 Å². The zero-order chi connectivity index (χ0) is 31.5. The Labute approximate surface area is 263 Å². The van der Waals surface area contributed by atoms with Gasteiger partial charge in [0.05, 0.1) is 12.1 Å². The van der Waals surface area contributed by atoms with Crippen LogP contribution in [-0.2, 0) is 12.8 Å². The van der Waals surface area contributed by atoms with Gasteiger partial charge in [0.15, 0.2) is 5.78 Å². The monoisotopic (exact) mass is 589 g/mol. The van der Waals surface area contributed by atoms with Crippen molar-refractivity contribution in [2.45, 2.75) is 78.4 Å². The predicted octanol–water partition coefficient (Wildman–Crippen LogP) is 8.73. The highest BCUT2D eigenvalue weighted by Gasteiger charge is 2.26. The molecule has 230 valence electrons. The maximum atomic E-state index is 13.9. The van der Waals surface area contributed by atoms with E-state index >= 15 is 0 Å². The quantitative estimate of drug-likeness (QED) is 0.141. The molecule has 0 radical (unpaired) electrons. The van der Waals surface area contributed by atoms with E-state index in [2.05, 4.69) is 57.2 Å². The summed E-state index contributed by atoms with van der Waals surface area (Å²) in [5, 5.41) is 11.4. The topological polar surface area (TPSA) is 57.6 Å². The number of amides is 1. The Balaban J connectivity index is 1.51. The number of benzene rings is 4. The second-order valence-corrected chi connectivity index (χ2v) is 12.2. The van der Waals surface area contributed by atoms with Crippen LogP contribution >= 0.6 is 0 Å². The average molecular weight is 590 g/mol. The molecule has 0 aliphatic rings. The van der Waals surface area contributed by atoms with Gasteiger partial charge in [0.25, 0.3) is 5.91 Å². The van der Waals surface area contributed by atoms with Crippen molar-refractivity contribution in [1.29, 1.82) is 0 Å². The summed E-state index contributed by atoms with van der Waals surface area (Å²) in [5.74, 6) is -0.339. The number of hydrogen-bond donors (Lipinski definition) is 1. The molecule has 0 saturated carbocycles. The molecule has 4 nitrogen and oxygen atoms in total. The Kier molecular flexibility index (Phi) is 12.1. The molecule has 4 heteroatoms. The number of ketones is 1. The van der Waals surface area contributed by atoms with E-state index in [1.807, 2.05) is 72.5 Å². The fourth-order valence-electron chi connectivity index (χ4n) is 6.09. The van der Waals surface area contributed by atoms with Gasteiger partial charge in [-0.2, -0.15) is 0 Å². The molecule has 0 heterocycles. The van der Waals surface area contributed by atoms with Gasteiger partial charge >= 0.3 is 0 Å². The highest BCUT2D eigenvalue weighted by molar-refractivity contribution is 6.01. The molecular formula is C40H47NO3. The summed E-state index contributed by atoms with van der Waals surface area (Å²) in [6.07, 6.45) is 3.43. The third-order valence-corrected chi connectivity index (χ3v) is 8.50. The van der Waals surface area contributed by atoms with Gasteiger partial charge in [-0.3, -0.25) is 9.59 Å². The number of aliphatic hydroxyl groups excluding tert-OH is 1. The minimum absolute atomic E-state index is 0.0421. The summed E-state index contributed by atoms with van der Waals surface area (Å²) < 4.78 is 0. The zero-order valence-corrected chi connectivity index (χ0v) is 26.7. The van der Waals surface area contributed by atoms with Crippen LogP contribution in [0.2, 0.25) is 0 Å². The SMILES string of the molecule is CCCN(C(=O)c1cc(C)cc(C(=O)C[C@@H](Cc2ccccc2)[C@H](O)CCCc2cccc(C)c2)c1)[C@H](C)c1ccccc1. The van der Waals surface area contributed by atoms with E-state index in [0.717, 1.165) is 36.0 Å². The number of Topliss-reactive ketones (excluding diaryl/α,β-unsaturated/α-hetero) is 1. The van der Waals surface area contributed by atoms with E-state index in [9.17, 15) is 14.7 Å². The average Bonchev–Trinajstić information content (AvgIpc) is 3.03. The van der Waals surface area contributed by atoms with Crippen molar-refractivity contribution in [2.24, 2.45) is 5.92 Å². The second-order valence-electron chi connectivity index (χ2n) is 12.2. The lowest BCUT2D eigenvalue weighted by atomic mass is 9.85. The summed E-state index contributed by atoms with van der Waals surface area (Å²) in [7, 11) is 0. The highest BCUT2D eigenvalue weighted by atomic mass is 16.3. The van der Waals surface area contributed by atoms with Crippen molar-refractivity contribution in [3.05, 3.63) is 142 Å². The molecule has 0 fully saturated rings. The summed E-state index contributed by atoms with van der Waals surface area (Å²) in [4.78, 5) is 29.6. The molecule has 1 amide bonds. The molecular weight excluding hydrogens is 542 g/mol. The van der Waals surface area contributed by atoms with Gasteiger partial charge in [-0.25, -0.2) is 0 Å². The molecule has 0 spiro atoms. The molecule has 0 aliphatic carbocycles. The van der Waals surface area contributed by atoms with Gasteiger partial charge in [-0.15, -0.1) is 0 Å². The molecule has 4 aromatic carbocycles. The third-order valence-electron chi connectivity index (χ3n) is 8.50. The van der Waals surface area contributed by atoms with Gasteiger partial charge in [-0.05, 0) is 99.2 Å². The molecule has 4 aromatic rings. The van der Waals surface area contributed by atoms with Crippen molar-refractivity contribution in [3.63, 3.8) is 0 Å². The zero-order valence-electron chi connectivity index (χ0n) is 26.7. The first-order valence-corrected chi connectivity index (χ1v) is 16.0. The van der Waals surface area contributed by atoms with Crippen molar-refractivity contribution in [1.82, 2.24) is 4.90 Å². The Morgan fingerprint density at radius 3 is 2.11 bits per heavy atom. The number of aliphatic hydroxyl groups is 1. The van der Waals surface area contributed by atoms with Crippen LogP contribution in [0.3, 0.4) is 0 Å². The number of aryl methyl sites for hydroxylation is 3. The van der Waals surface area contributed by atoms with Crippen molar-refractivity contribution < 1.29 is 14.7 Å². The maximum Gasteiger partial charge on any atom is 0.254 e. The molecule has 0 bridgehead atoms. The molecule has 44 heavy (non-hydrogen) atoms. The van der Waals surface area contributed by atoms with E-state index in [0.29, 0.717) is 30.5 Å². The molecule has 1 N–H and O–H groups in total. The smallest absolute Gasteiger partial charge is 0.254 e. The van der Waals surface area contributed by atoms with Gasteiger partial charge in [0.1, 0.15) is 0 Å². The van der Waals surface area contributed by atoms with Crippen molar-refractivity contribution in [3.8, 4) is 0 Å². The minimum atomic E-state index is -0.610. The minimum Gasteiger partial charge on any atom is -0.393 e. The third kappa shape index (κ3) is 9.24. The van der Waals surface area contributed by atoms with Crippen molar-refractivity contribution in [2.75, 3.05) is 6.54 Å². The van der Waals surface area contributed by atoms with Gasteiger partial charge in [-0.1, -0.05) is 97.4 Å². The number of rotatable bonds is 15. The number of carbonyl (C=O) groups is 2. The van der Waals surface area contributed by atoms with Crippen LogP contribution in [-0.4, -0.2) is 34.3 Å². The van der Waals surface area contributed by atoms with Crippen LogP contribution in [0.25, 0.3) is 0 Å². The van der Waals surface area contributed by atoms with E-state index < -0.39 is 6.10 Å². The number of hydrogen-bond acceptors (Lipinski definition) is 3. The van der Waals surface area contributed by atoms with Crippen LogP contribution < -0.4 is 0 Å². The fourth-order valence-corrected chi connectivity index (χ4v) is 6.09. The molecule has 3 atom stereocenters. The first kappa shape index (κ1) is 32.9. The van der Waals surface area contributed by atoms with E-state index in [1.165, 1.54) is 11.1 Å². The maximum absolute atomic E-state index is 13.9. The van der Waals surface area contributed by atoms with Crippen molar-refractivity contribution >= 4 is 11.7 Å². The summed E-state index contributed by atoms with van der Waals surface area (Å²) in [5.41, 5.74) is 6.63.